The van der Waals surface area contributed by atoms with Crippen molar-refractivity contribution >= 4 is 46.2 Å². The van der Waals surface area contributed by atoms with Gasteiger partial charge in [0.15, 0.2) is 0 Å². The van der Waals surface area contributed by atoms with E-state index in [1.54, 1.807) is 12.1 Å². The van der Waals surface area contributed by atoms with E-state index >= 15 is 0 Å². The summed E-state index contributed by atoms with van der Waals surface area (Å²) in [5, 5.41) is 3.87. The molecule has 0 aliphatic heterocycles. The number of anilines is 1. The first-order chi connectivity index (χ1) is 16.5. The molecule has 0 heterocycles. The highest BCUT2D eigenvalue weighted by Crippen LogP contribution is 2.53. The second-order valence-corrected chi connectivity index (χ2v) is 10.4. The lowest BCUT2D eigenvalue weighted by Gasteiger charge is -2.16. The second kappa shape index (κ2) is 11.3. The normalized spacial score (nSPS) is 12.3. The largest absolute Gasteiger partial charge is 0.457 e. The zero-order valence-electron chi connectivity index (χ0n) is 18.1. The lowest BCUT2D eigenvalue weighted by atomic mass is 10.2. The summed E-state index contributed by atoms with van der Waals surface area (Å²) in [6, 6.07) is 35.5. The zero-order chi connectivity index (χ0) is 23.8. The van der Waals surface area contributed by atoms with Crippen molar-refractivity contribution in [2.24, 2.45) is 0 Å². The van der Waals surface area contributed by atoms with Crippen LogP contribution in [0, 0.1) is 0 Å². The molecule has 0 fully saturated rings. The fraction of sp³-hybridized carbons (Fsp3) is 0. The van der Waals surface area contributed by atoms with E-state index in [2.05, 4.69) is 5.09 Å². The third kappa shape index (κ3) is 6.65. The Hall–Kier alpha value is -3.23. The maximum absolute atomic E-state index is 14.1. The second-order valence-electron chi connectivity index (χ2n) is 7.45. The van der Waals surface area contributed by atoms with Crippen molar-refractivity contribution < 1.29 is 9.30 Å². The molecule has 0 unspecified atom stereocenters. The number of halogens is 2. The summed E-state index contributed by atoms with van der Waals surface area (Å²) in [5.74, 6) is 4.47. The Kier molecular flexibility index (Phi) is 7.92. The molecule has 0 aromatic heterocycles. The van der Waals surface area contributed by atoms with Crippen LogP contribution in [0.5, 0.6) is 11.5 Å². The van der Waals surface area contributed by atoms with Crippen LogP contribution in [0.4, 0.5) is 5.69 Å². The maximum atomic E-state index is 14.1. The van der Waals surface area contributed by atoms with Gasteiger partial charge >= 0.3 is 0 Å². The van der Waals surface area contributed by atoms with Crippen LogP contribution in [-0.4, -0.2) is 0 Å². The van der Waals surface area contributed by atoms with Crippen molar-refractivity contribution in [2.45, 2.75) is 0 Å². The maximum Gasteiger partial charge on any atom is 0.216 e. The van der Waals surface area contributed by atoms with Crippen molar-refractivity contribution in [1.29, 1.82) is 0 Å². The highest BCUT2D eigenvalue weighted by Gasteiger charge is 2.20. The zero-order valence-corrected chi connectivity index (χ0v) is 20.6. The van der Waals surface area contributed by atoms with E-state index in [1.165, 1.54) is 11.6 Å². The number of para-hydroxylation sites is 1. The molecule has 34 heavy (non-hydrogen) atoms. The molecule has 0 spiro atoms. The molecule has 0 radical (unpaired) electrons. The molecule has 0 bridgehead atoms. The third-order valence-corrected chi connectivity index (χ3v) is 7.70. The predicted molar refractivity (Wildman–Crippen MR) is 145 cm³/mol. The minimum atomic E-state index is -3.34. The summed E-state index contributed by atoms with van der Waals surface area (Å²) in [6.45, 7) is 0. The fourth-order valence-electron chi connectivity index (χ4n) is 3.21. The van der Waals surface area contributed by atoms with Crippen molar-refractivity contribution in [3.63, 3.8) is 0 Å². The topological polar surface area (TPSA) is 38.3 Å². The monoisotopic (exact) mass is 505 g/mol. The predicted octanol–water partition coefficient (Wildman–Crippen LogP) is 9.64. The number of hydrogen-bond acceptors (Lipinski definition) is 2. The number of benzene rings is 4. The minimum absolute atomic E-state index is 0.370. The molecule has 4 rings (SSSR count). The van der Waals surface area contributed by atoms with E-state index in [0.29, 0.717) is 21.5 Å². The molecule has 6 heteroatoms. The summed E-state index contributed by atoms with van der Waals surface area (Å²) in [4.78, 5) is 0. The molecule has 4 aromatic rings. The SMILES string of the molecule is O=P(/C=C(\Cl)c1ccccc1)(/C=C(\Cl)c1ccccc1)Nc1ccc(Oc2ccccc2)cc1. The fourth-order valence-corrected chi connectivity index (χ4v) is 6.06. The van der Waals surface area contributed by atoms with E-state index in [-0.39, 0.29) is 0 Å². The highest BCUT2D eigenvalue weighted by molar-refractivity contribution is 7.72. The van der Waals surface area contributed by atoms with Gasteiger partial charge in [0, 0.05) is 17.3 Å². The van der Waals surface area contributed by atoms with Crippen LogP contribution >= 0.6 is 30.5 Å². The minimum Gasteiger partial charge on any atom is -0.457 e. The van der Waals surface area contributed by atoms with Crippen molar-refractivity contribution in [3.8, 4) is 11.5 Å². The van der Waals surface area contributed by atoms with Crippen molar-refractivity contribution in [3.05, 3.63) is 138 Å². The molecule has 170 valence electrons. The number of ether oxygens (including phenoxy) is 1. The molecule has 0 aliphatic carbocycles. The highest BCUT2D eigenvalue weighted by atomic mass is 35.5. The number of rotatable bonds is 8. The quantitative estimate of drug-likeness (QED) is 0.242. The summed E-state index contributed by atoms with van der Waals surface area (Å²) < 4.78 is 19.9. The molecule has 1 N–H and O–H groups in total. The molecular formula is C28H22Cl2NO2P. The number of nitrogens with one attached hydrogen (secondary N) is 1. The third-order valence-electron chi connectivity index (χ3n) is 4.85. The summed E-state index contributed by atoms with van der Waals surface area (Å²) in [5.41, 5.74) is 2.18. The lowest BCUT2D eigenvalue weighted by Crippen LogP contribution is -1.94. The van der Waals surface area contributed by atoms with Gasteiger partial charge in [-0.25, -0.2) is 0 Å². The van der Waals surface area contributed by atoms with Gasteiger partial charge in [0.2, 0.25) is 7.29 Å². The Morgan fingerprint density at radius 2 is 1.03 bits per heavy atom. The standard InChI is InChI=1S/C28H22Cl2NO2P/c29-27(22-10-4-1-5-11-22)20-34(32,21-28(30)23-12-6-2-7-13-23)31-24-16-18-26(19-17-24)33-25-14-8-3-9-15-25/h1-21H,(H,31,32)/b27-20-,28-21-. The van der Waals surface area contributed by atoms with E-state index in [1.807, 2.05) is 103 Å². The molecule has 4 aromatic carbocycles. The van der Waals surface area contributed by atoms with Crippen LogP contribution in [-0.2, 0) is 4.57 Å². The average Bonchev–Trinajstić information content (AvgIpc) is 2.87. The Bertz CT molecular complexity index is 1260. The van der Waals surface area contributed by atoms with Crippen LogP contribution < -0.4 is 9.82 Å². The van der Waals surface area contributed by atoms with E-state index in [0.717, 1.165) is 16.9 Å². The first kappa shape index (κ1) is 23.9. The smallest absolute Gasteiger partial charge is 0.216 e. The van der Waals surface area contributed by atoms with Crippen LogP contribution in [0.3, 0.4) is 0 Å². The van der Waals surface area contributed by atoms with E-state index < -0.39 is 7.29 Å². The van der Waals surface area contributed by atoms with Gasteiger partial charge in [0.25, 0.3) is 0 Å². The van der Waals surface area contributed by atoms with Crippen LogP contribution in [0.2, 0.25) is 0 Å². The van der Waals surface area contributed by atoms with Crippen molar-refractivity contribution in [1.82, 2.24) is 0 Å². The average molecular weight is 506 g/mol. The molecule has 0 amide bonds. The van der Waals surface area contributed by atoms with E-state index in [9.17, 15) is 4.57 Å². The Balaban J connectivity index is 1.63. The van der Waals surface area contributed by atoms with Crippen LogP contribution in [0.25, 0.3) is 10.1 Å². The van der Waals surface area contributed by atoms with Gasteiger partial charge in [-0.15, -0.1) is 0 Å². The lowest BCUT2D eigenvalue weighted by molar-refractivity contribution is 0.483. The number of hydrogen-bond donors (Lipinski definition) is 1. The van der Waals surface area contributed by atoms with Gasteiger partial charge in [0.05, 0.1) is 10.1 Å². The molecule has 0 atom stereocenters. The molecule has 0 saturated carbocycles. The summed E-state index contributed by atoms with van der Waals surface area (Å²) in [6.07, 6.45) is 0. The van der Waals surface area contributed by atoms with Gasteiger partial charge in [0.1, 0.15) is 11.5 Å². The van der Waals surface area contributed by atoms with Crippen LogP contribution in [0.1, 0.15) is 11.1 Å². The molecule has 0 saturated heterocycles. The van der Waals surface area contributed by atoms with Gasteiger partial charge in [-0.3, -0.25) is 4.57 Å². The first-order valence-electron chi connectivity index (χ1n) is 10.6. The van der Waals surface area contributed by atoms with Crippen molar-refractivity contribution in [2.75, 3.05) is 5.09 Å². The Morgan fingerprint density at radius 3 is 1.50 bits per heavy atom. The first-order valence-corrected chi connectivity index (χ1v) is 13.2. The van der Waals surface area contributed by atoms with Gasteiger partial charge in [-0.05, 0) is 47.5 Å². The van der Waals surface area contributed by atoms with Gasteiger partial charge < -0.3 is 9.82 Å². The summed E-state index contributed by atoms with van der Waals surface area (Å²) in [7, 11) is -3.34. The Morgan fingerprint density at radius 1 is 0.618 bits per heavy atom. The van der Waals surface area contributed by atoms with Gasteiger partial charge in [-0.2, -0.15) is 0 Å². The molecular weight excluding hydrogens is 484 g/mol. The molecule has 3 nitrogen and oxygen atoms in total. The van der Waals surface area contributed by atoms with E-state index in [4.69, 9.17) is 27.9 Å². The van der Waals surface area contributed by atoms with Gasteiger partial charge in [-0.1, -0.05) is 102 Å². The summed E-state index contributed by atoms with van der Waals surface area (Å²) >= 11 is 13.1. The molecule has 0 aliphatic rings. The van der Waals surface area contributed by atoms with Crippen LogP contribution in [0.15, 0.2) is 127 Å². The Labute approximate surface area is 209 Å².